The molecule has 7 nitrogen and oxygen atoms in total. The van der Waals surface area contributed by atoms with Crippen LogP contribution in [0, 0.1) is 11.8 Å². The van der Waals surface area contributed by atoms with Gasteiger partial charge in [0, 0.05) is 34.7 Å². The lowest BCUT2D eigenvalue weighted by Gasteiger charge is -2.47. The molecule has 3 aliphatic carbocycles. The number of rotatable bonds is 11. The summed E-state index contributed by atoms with van der Waals surface area (Å²) in [7, 11) is 0. The molecule has 6 rings (SSSR count). The van der Waals surface area contributed by atoms with E-state index in [1.165, 1.54) is 35.2 Å². The van der Waals surface area contributed by atoms with Crippen LogP contribution in [0.5, 0.6) is 11.5 Å². The van der Waals surface area contributed by atoms with Gasteiger partial charge in [-0.1, -0.05) is 37.6 Å². The molecule has 0 saturated heterocycles. The van der Waals surface area contributed by atoms with Gasteiger partial charge in [-0.15, -0.1) is 0 Å². The topological polar surface area (TPSA) is 107 Å². The van der Waals surface area contributed by atoms with E-state index in [0.29, 0.717) is 48.8 Å². The van der Waals surface area contributed by atoms with Crippen LogP contribution in [0.2, 0.25) is 5.02 Å². The van der Waals surface area contributed by atoms with E-state index < -0.39 is 11.5 Å². The van der Waals surface area contributed by atoms with Gasteiger partial charge in [-0.25, -0.2) is 4.79 Å². The van der Waals surface area contributed by atoms with Gasteiger partial charge in [0.05, 0.1) is 6.61 Å². The molecule has 3 aromatic rings. The number of nitrogens with one attached hydrogen (secondary N) is 1. The highest BCUT2D eigenvalue weighted by molar-refractivity contribution is 6.30. The normalized spacial score (nSPS) is 26.5. The van der Waals surface area contributed by atoms with E-state index in [0.717, 1.165) is 49.3 Å². The average Bonchev–Trinajstić information content (AvgIpc) is 3.32. The highest BCUT2D eigenvalue weighted by Crippen LogP contribution is 2.57. The van der Waals surface area contributed by atoms with Crippen LogP contribution in [0.4, 0.5) is 5.69 Å². The molecule has 46 heavy (non-hydrogen) atoms. The Morgan fingerprint density at radius 3 is 2.70 bits per heavy atom. The van der Waals surface area contributed by atoms with Crippen LogP contribution in [0.1, 0.15) is 94.0 Å². The Morgan fingerprint density at radius 1 is 1.15 bits per heavy atom. The summed E-state index contributed by atoms with van der Waals surface area (Å²) < 4.78 is 12.7. The summed E-state index contributed by atoms with van der Waals surface area (Å²) in [4.78, 5) is 17.5. The van der Waals surface area contributed by atoms with Gasteiger partial charge in [-0.3, -0.25) is 4.98 Å². The van der Waals surface area contributed by atoms with Gasteiger partial charge in [0.2, 0.25) is 0 Å². The molecule has 1 aromatic heterocycles. The van der Waals surface area contributed by atoms with Gasteiger partial charge in [-0.2, -0.15) is 0 Å². The number of carboxylic acid groups (broad SMARTS) is 1. The molecule has 1 heterocycles. The summed E-state index contributed by atoms with van der Waals surface area (Å²) in [5.41, 5.74) is 10.5. The van der Waals surface area contributed by atoms with Crippen molar-refractivity contribution in [2.75, 3.05) is 18.5 Å². The molecule has 0 radical (unpaired) electrons. The Hall–Kier alpha value is -3.29. The summed E-state index contributed by atoms with van der Waals surface area (Å²) in [5.74, 6) is 2.15. The molecule has 0 amide bonds. The van der Waals surface area contributed by atoms with Crippen LogP contribution in [-0.4, -0.2) is 40.9 Å². The van der Waals surface area contributed by atoms with Crippen molar-refractivity contribution < 1.29 is 19.4 Å². The molecule has 4 N–H and O–H groups in total. The largest absolute Gasteiger partial charge is 0.493 e. The van der Waals surface area contributed by atoms with Gasteiger partial charge < -0.3 is 25.6 Å². The standard InChI is InChI=1S/C38H48ClN3O4/c1-24(23-45-34-12-17-41-33-9-4-6-25(2)35(33)34)18-28-19-27-10-11-31(46-26(3)22-40)21-32(27)37(28)13-15-38(16-14-37,36(43)44)42-30-8-5-7-29(39)20-30/h5,7-8,10-12,17,20-21,24-26,28,42H,4,6,9,13-16,18-19,22-23,40H2,1-3H3,(H,43,44)/t24-,25-,26+,28+,37?,38?/m1/s1. The van der Waals surface area contributed by atoms with Crippen LogP contribution in [0.15, 0.2) is 54.7 Å². The smallest absolute Gasteiger partial charge is 0.329 e. The number of aryl methyl sites for hydroxylation is 1. The van der Waals surface area contributed by atoms with E-state index in [4.69, 9.17) is 26.8 Å². The fraction of sp³-hybridized carbons (Fsp3) is 0.526. The minimum atomic E-state index is -1.06. The van der Waals surface area contributed by atoms with Gasteiger partial charge >= 0.3 is 5.97 Å². The molecule has 0 unspecified atom stereocenters. The van der Waals surface area contributed by atoms with Crippen molar-refractivity contribution in [1.29, 1.82) is 0 Å². The number of benzene rings is 2. The molecule has 0 aliphatic heterocycles. The first-order valence-corrected chi connectivity index (χ1v) is 17.4. The monoisotopic (exact) mass is 645 g/mol. The van der Waals surface area contributed by atoms with Crippen LogP contribution in [0.3, 0.4) is 0 Å². The van der Waals surface area contributed by atoms with Crippen molar-refractivity contribution in [3.05, 3.63) is 82.1 Å². The van der Waals surface area contributed by atoms with E-state index >= 15 is 0 Å². The third kappa shape index (κ3) is 6.46. The Kier molecular flexibility index (Phi) is 9.54. The number of aliphatic carboxylic acids is 1. The van der Waals surface area contributed by atoms with Gasteiger partial charge in [0.25, 0.3) is 0 Å². The molecule has 0 bridgehead atoms. The number of nitrogens with zero attached hydrogens (tertiary/aromatic N) is 1. The van der Waals surface area contributed by atoms with E-state index in [2.05, 4.69) is 42.3 Å². The van der Waals surface area contributed by atoms with Gasteiger partial charge in [-0.05, 0) is 135 Å². The van der Waals surface area contributed by atoms with E-state index in [1.54, 1.807) is 12.1 Å². The van der Waals surface area contributed by atoms with Gasteiger partial charge in [0.1, 0.15) is 23.1 Å². The molecular formula is C38H48ClN3O4. The fourth-order valence-corrected chi connectivity index (χ4v) is 8.62. The van der Waals surface area contributed by atoms with Crippen molar-refractivity contribution in [3.63, 3.8) is 0 Å². The maximum Gasteiger partial charge on any atom is 0.329 e. The number of hydrogen-bond acceptors (Lipinski definition) is 6. The van der Waals surface area contributed by atoms with Crippen molar-refractivity contribution in [2.24, 2.45) is 17.6 Å². The average molecular weight is 646 g/mol. The highest BCUT2D eigenvalue weighted by Gasteiger charge is 2.54. The number of fused-ring (bicyclic) bond motifs is 3. The summed E-state index contributed by atoms with van der Waals surface area (Å²) in [6.45, 7) is 7.64. The maximum absolute atomic E-state index is 12.9. The number of anilines is 1. The number of hydrogen-bond donors (Lipinski definition) is 3. The lowest BCUT2D eigenvalue weighted by atomic mass is 9.59. The molecule has 3 aliphatic rings. The number of carbonyl (C=O) groups is 1. The zero-order valence-electron chi connectivity index (χ0n) is 27.4. The third-order valence-corrected chi connectivity index (χ3v) is 11.2. The van der Waals surface area contributed by atoms with E-state index in [-0.39, 0.29) is 11.5 Å². The predicted octanol–water partition coefficient (Wildman–Crippen LogP) is 7.93. The van der Waals surface area contributed by atoms with E-state index in [1.807, 2.05) is 31.3 Å². The zero-order valence-corrected chi connectivity index (χ0v) is 28.1. The predicted molar refractivity (Wildman–Crippen MR) is 183 cm³/mol. The SMILES string of the molecule is C[C@@H](COc1ccnc2c1[C@H](C)CCC2)C[C@H]1Cc2ccc(O[C@@H](C)CN)cc2C12CCC(Nc1cccc(Cl)c1)(C(=O)O)CC2. The number of halogens is 1. The first kappa shape index (κ1) is 32.6. The zero-order chi connectivity index (χ0) is 32.5. The molecule has 8 heteroatoms. The molecule has 1 saturated carbocycles. The number of pyridine rings is 1. The number of carboxylic acids is 1. The first-order chi connectivity index (χ1) is 22.1. The molecule has 1 spiro atoms. The second-order valence-electron chi connectivity index (χ2n) is 14.2. The summed E-state index contributed by atoms with van der Waals surface area (Å²) in [6, 6.07) is 15.9. The Bertz CT molecular complexity index is 1550. The first-order valence-electron chi connectivity index (χ1n) is 17.0. The number of ether oxygens (including phenoxy) is 2. The van der Waals surface area contributed by atoms with Crippen LogP contribution in [-0.2, 0) is 23.1 Å². The second kappa shape index (κ2) is 13.4. The number of nitrogens with two attached hydrogens (primary N) is 1. The Labute approximate surface area is 278 Å². The van der Waals surface area contributed by atoms with Crippen molar-refractivity contribution >= 4 is 23.3 Å². The van der Waals surface area contributed by atoms with Crippen LogP contribution >= 0.6 is 11.6 Å². The van der Waals surface area contributed by atoms with Crippen molar-refractivity contribution in [1.82, 2.24) is 4.98 Å². The third-order valence-electron chi connectivity index (χ3n) is 10.9. The molecule has 4 atom stereocenters. The van der Waals surface area contributed by atoms with Crippen LogP contribution in [0.25, 0.3) is 0 Å². The van der Waals surface area contributed by atoms with Crippen molar-refractivity contribution in [3.8, 4) is 11.5 Å². The molecule has 246 valence electrons. The quantitative estimate of drug-likeness (QED) is 0.194. The summed E-state index contributed by atoms with van der Waals surface area (Å²) >= 11 is 6.26. The highest BCUT2D eigenvalue weighted by atomic mass is 35.5. The lowest BCUT2D eigenvalue weighted by Crippen LogP contribution is -2.53. The lowest BCUT2D eigenvalue weighted by molar-refractivity contribution is -0.144. The van der Waals surface area contributed by atoms with Crippen molar-refractivity contribution in [2.45, 2.75) is 102 Å². The Morgan fingerprint density at radius 2 is 1.96 bits per heavy atom. The van der Waals surface area contributed by atoms with Gasteiger partial charge in [0.15, 0.2) is 0 Å². The summed E-state index contributed by atoms with van der Waals surface area (Å²) in [5, 5.41) is 14.5. The number of aromatic nitrogens is 1. The fourth-order valence-electron chi connectivity index (χ4n) is 8.43. The minimum absolute atomic E-state index is 0.0852. The second-order valence-corrected chi connectivity index (χ2v) is 14.6. The molecular weight excluding hydrogens is 598 g/mol. The molecule has 2 aromatic carbocycles. The van der Waals surface area contributed by atoms with Crippen LogP contribution < -0.4 is 20.5 Å². The van der Waals surface area contributed by atoms with E-state index in [9.17, 15) is 9.90 Å². The molecule has 1 fully saturated rings. The summed E-state index contributed by atoms with van der Waals surface area (Å²) in [6.07, 6.45) is 9.71. The Balaban J connectivity index is 1.24. The minimum Gasteiger partial charge on any atom is -0.493 e. The maximum atomic E-state index is 12.9.